The SMILES string of the molecule is COc1ccc([N+](=O)[O-])cc1-n1c(C)cc(C=Nn2c(C3CCCCC3)nc3ccc(Br)cc3c2=O)c1C. The van der Waals surface area contributed by atoms with Gasteiger partial charge in [-0.05, 0) is 57.0 Å². The highest BCUT2D eigenvalue weighted by atomic mass is 79.9. The number of nitro benzene ring substituents is 1. The summed E-state index contributed by atoms with van der Waals surface area (Å²) in [5.41, 5.74) is 3.45. The van der Waals surface area contributed by atoms with Crippen LogP contribution in [0.15, 0.2) is 56.8 Å². The van der Waals surface area contributed by atoms with Gasteiger partial charge < -0.3 is 9.30 Å². The number of halogens is 1. The van der Waals surface area contributed by atoms with Gasteiger partial charge in [-0.15, -0.1) is 0 Å². The molecule has 0 amide bonds. The van der Waals surface area contributed by atoms with Crippen molar-refractivity contribution in [2.45, 2.75) is 51.9 Å². The zero-order valence-corrected chi connectivity index (χ0v) is 23.1. The molecule has 2 heterocycles. The zero-order valence-electron chi connectivity index (χ0n) is 21.5. The van der Waals surface area contributed by atoms with Crippen molar-refractivity contribution in [3.8, 4) is 11.4 Å². The molecule has 0 bridgehead atoms. The van der Waals surface area contributed by atoms with Crippen LogP contribution in [0.5, 0.6) is 5.75 Å². The molecule has 1 fully saturated rings. The lowest BCUT2D eigenvalue weighted by atomic mass is 9.88. The lowest BCUT2D eigenvalue weighted by molar-refractivity contribution is -0.384. The molecule has 10 heteroatoms. The highest BCUT2D eigenvalue weighted by Crippen LogP contribution is 2.33. The first-order valence-corrected chi connectivity index (χ1v) is 13.4. The van der Waals surface area contributed by atoms with Gasteiger partial charge in [-0.25, -0.2) is 4.98 Å². The van der Waals surface area contributed by atoms with Crippen molar-refractivity contribution in [2.24, 2.45) is 5.10 Å². The number of hydrogen-bond acceptors (Lipinski definition) is 6. The van der Waals surface area contributed by atoms with Crippen molar-refractivity contribution >= 4 is 38.7 Å². The Morgan fingerprint density at radius 3 is 2.61 bits per heavy atom. The molecule has 0 saturated heterocycles. The van der Waals surface area contributed by atoms with E-state index in [9.17, 15) is 14.9 Å². The normalized spacial score (nSPS) is 14.4. The lowest BCUT2D eigenvalue weighted by Gasteiger charge is -2.22. The van der Waals surface area contributed by atoms with E-state index >= 15 is 0 Å². The van der Waals surface area contributed by atoms with Gasteiger partial charge in [0.1, 0.15) is 11.6 Å². The second kappa shape index (κ2) is 10.5. The third-order valence-corrected chi connectivity index (χ3v) is 7.69. The molecule has 9 nitrogen and oxygen atoms in total. The molecule has 4 aromatic rings. The molecule has 1 saturated carbocycles. The van der Waals surface area contributed by atoms with Crippen LogP contribution >= 0.6 is 15.9 Å². The Kier molecular flexibility index (Phi) is 7.16. The average Bonchev–Trinajstić information content (AvgIpc) is 3.20. The molecule has 0 N–H and O–H groups in total. The maximum Gasteiger partial charge on any atom is 0.282 e. The Morgan fingerprint density at radius 2 is 1.89 bits per heavy atom. The van der Waals surface area contributed by atoms with Gasteiger partial charge in [-0.1, -0.05) is 35.2 Å². The van der Waals surface area contributed by atoms with E-state index in [0.717, 1.165) is 47.1 Å². The maximum atomic E-state index is 13.6. The van der Waals surface area contributed by atoms with Crippen molar-refractivity contribution in [3.63, 3.8) is 0 Å². The first-order chi connectivity index (χ1) is 18.3. The molecular formula is C28H28BrN5O4. The second-order valence-electron chi connectivity index (χ2n) is 9.60. The summed E-state index contributed by atoms with van der Waals surface area (Å²) in [6.45, 7) is 3.82. The molecule has 196 valence electrons. The van der Waals surface area contributed by atoms with E-state index in [4.69, 9.17) is 9.72 Å². The Bertz CT molecular complexity index is 1630. The van der Waals surface area contributed by atoms with Crippen LogP contribution in [0.3, 0.4) is 0 Å². The van der Waals surface area contributed by atoms with E-state index in [1.165, 1.54) is 30.3 Å². The minimum absolute atomic E-state index is 0.0272. The molecule has 2 aromatic carbocycles. The van der Waals surface area contributed by atoms with E-state index in [-0.39, 0.29) is 17.2 Å². The molecule has 0 radical (unpaired) electrons. The zero-order chi connectivity index (χ0) is 27.0. The van der Waals surface area contributed by atoms with E-state index in [1.807, 2.05) is 36.6 Å². The molecule has 0 spiro atoms. The topological polar surface area (TPSA) is 105 Å². The van der Waals surface area contributed by atoms with E-state index in [2.05, 4.69) is 21.0 Å². The van der Waals surface area contributed by atoms with Crippen molar-refractivity contribution in [1.29, 1.82) is 0 Å². The quantitative estimate of drug-likeness (QED) is 0.149. The summed E-state index contributed by atoms with van der Waals surface area (Å²) in [7, 11) is 1.53. The highest BCUT2D eigenvalue weighted by molar-refractivity contribution is 9.10. The van der Waals surface area contributed by atoms with Crippen LogP contribution in [0.2, 0.25) is 0 Å². The number of benzene rings is 2. The number of nitro groups is 1. The van der Waals surface area contributed by atoms with Gasteiger partial charge in [-0.3, -0.25) is 14.9 Å². The number of ether oxygens (including phenoxy) is 1. The fraction of sp³-hybridized carbons (Fsp3) is 0.321. The van der Waals surface area contributed by atoms with Crippen molar-refractivity contribution in [2.75, 3.05) is 7.11 Å². The summed E-state index contributed by atoms with van der Waals surface area (Å²) in [6, 6.07) is 12.0. The second-order valence-corrected chi connectivity index (χ2v) is 10.5. The predicted octanol–water partition coefficient (Wildman–Crippen LogP) is 6.41. The fourth-order valence-electron chi connectivity index (χ4n) is 5.28. The molecular weight excluding hydrogens is 550 g/mol. The number of non-ortho nitro benzene ring substituents is 1. The monoisotopic (exact) mass is 577 g/mol. The summed E-state index contributed by atoms with van der Waals surface area (Å²) in [4.78, 5) is 29.5. The van der Waals surface area contributed by atoms with Crippen LogP contribution in [0.1, 0.15) is 60.8 Å². The van der Waals surface area contributed by atoms with Gasteiger partial charge in [0.25, 0.3) is 11.2 Å². The Morgan fingerprint density at radius 1 is 1.13 bits per heavy atom. The van der Waals surface area contributed by atoms with Crippen molar-refractivity contribution in [1.82, 2.24) is 14.2 Å². The summed E-state index contributed by atoms with van der Waals surface area (Å²) < 4.78 is 9.65. The summed E-state index contributed by atoms with van der Waals surface area (Å²) in [5, 5.41) is 16.6. The summed E-state index contributed by atoms with van der Waals surface area (Å²) in [6.07, 6.45) is 7.03. The largest absolute Gasteiger partial charge is 0.495 e. The van der Waals surface area contributed by atoms with Crippen LogP contribution in [0, 0.1) is 24.0 Å². The lowest BCUT2D eigenvalue weighted by Crippen LogP contribution is -2.25. The van der Waals surface area contributed by atoms with Gasteiger partial charge in [0.05, 0.1) is 34.8 Å². The molecule has 0 unspecified atom stereocenters. The van der Waals surface area contributed by atoms with Crippen LogP contribution in [-0.4, -0.2) is 32.5 Å². The number of aryl methyl sites for hydroxylation is 1. The first kappa shape index (κ1) is 25.8. The smallest absolute Gasteiger partial charge is 0.282 e. The van der Waals surface area contributed by atoms with E-state index in [0.29, 0.717) is 28.2 Å². The standard InChI is InChI=1S/C28H28BrN5O4/c1-17-13-20(18(2)32(17)25-15-22(34(36)37)10-12-26(25)38-3)16-30-33-27(19-7-5-4-6-8-19)31-24-11-9-21(29)14-23(24)28(33)35/h9-16,19H,4-8H2,1-3H3. The van der Waals surface area contributed by atoms with Gasteiger partial charge in [-0.2, -0.15) is 9.78 Å². The minimum Gasteiger partial charge on any atom is -0.495 e. The maximum absolute atomic E-state index is 13.6. The summed E-state index contributed by atoms with van der Waals surface area (Å²) >= 11 is 3.46. The molecule has 38 heavy (non-hydrogen) atoms. The van der Waals surface area contributed by atoms with Crippen LogP contribution in [0.4, 0.5) is 5.69 Å². The van der Waals surface area contributed by atoms with Crippen molar-refractivity contribution < 1.29 is 9.66 Å². The molecule has 0 atom stereocenters. The van der Waals surface area contributed by atoms with Gasteiger partial charge in [0.15, 0.2) is 0 Å². The molecule has 0 aliphatic heterocycles. The molecule has 1 aliphatic rings. The Balaban J connectivity index is 1.63. The number of nitrogens with zero attached hydrogens (tertiary/aromatic N) is 5. The van der Waals surface area contributed by atoms with Gasteiger partial charge >= 0.3 is 0 Å². The predicted molar refractivity (Wildman–Crippen MR) is 151 cm³/mol. The number of aromatic nitrogens is 3. The highest BCUT2D eigenvalue weighted by Gasteiger charge is 2.23. The number of fused-ring (bicyclic) bond motifs is 1. The van der Waals surface area contributed by atoms with Crippen LogP contribution < -0.4 is 10.3 Å². The minimum atomic E-state index is -0.427. The van der Waals surface area contributed by atoms with Crippen LogP contribution in [-0.2, 0) is 0 Å². The van der Waals surface area contributed by atoms with E-state index in [1.54, 1.807) is 18.3 Å². The molecule has 2 aromatic heterocycles. The Hall–Kier alpha value is -3.79. The number of hydrogen-bond donors (Lipinski definition) is 0. The Labute approximate surface area is 228 Å². The van der Waals surface area contributed by atoms with Gasteiger partial charge in [0, 0.05) is 39.5 Å². The van der Waals surface area contributed by atoms with Gasteiger partial charge in [0.2, 0.25) is 0 Å². The number of methoxy groups -OCH3 is 1. The molecule has 5 rings (SSSR count). The summed E-state index contributed by atoms with van der Waals surface area (Å²) in [5.74, 6) is 1.37. The van der Waals surface area contributed by atoms with Crippen molar-refractivity contribution in [3.05, 3.63) is 90.2 Å². The first-order valence-electron chi connectivity index (χ1n) is 12.6. The van der Waals surface area contributed by atoms with Crippen LogP contribution in [0.25, 0.3) is 16.6 Å². The third-order valence-electron chi connectivity index (χ3n) is 7.20. The fourth-order valence-corrected chi connectivity index (χ4v) is 5.64. The molecule has 1 aliphatic carbocycles. The third kappa shape index (κ3) is 4.76. The average molecular weight is 578 g/mol. The number of rotatable bonds is 6. The van der Waals surface area contributed by atoms with E-state index < -0.39 is 4.92 Å².